The number of aliphatic hydroxyl groups is 1. The zero-order valence-corrected chi connectivity index (χ0v) is 8.60. The molecule has 1 heterocycles. The number of hydrogen-bond acceptors (Lipinski definition) is 3. The second-order valence-corrected chi connectivity index (χ2v) is 3.36. The maximum atomic E-state index is 9.01. The third-order valence-electron chi connectivity index (χ3n) is 2.27. The van der Waals surface area contributed by atoms with Crippen molar-refractivity contribution in [3.05, 3.63) is 41.8 Å². The SMILES string of the molecule is CCc1coc(-c2cccc(CO)c2)n1. The van der Waals surface area contributed by atoms with E-state index in [1.165, 1.54) is 0 Å². The lowest BCUT2D eigenvalue weighted by molar-refractivity contribution is 0.282. The largest absolute Gasteiger partial charge is 0.444 e. The summed E-state index contributed by atoms with van der Waals surface area (Å²) in [7, 11) is 0. The van der Waals surface area contributed by atoms with Crippen LogP contribution < -0.4 is 0 Å². The topological polar surface area (TPSA) is 46.3 Å². The first-order valence-corrected chi connectivity index (χ1v) is 4.98. The van der Waals surface area contributed by atoms with Gasteiger partial charge in [-0.25, -0.2) is 4.98 Å². The predicted octanol–water partition coefficient (Wildman–Crippen LogP) is 2.40. The van der Waals surface area contributed by atoms with Crippen LogP contribution in [0.1, 0.15) is 18.2 Å². The van der Waals surface area contributed by atoms with Gasteiger partial charge in [0.1, 0.15) is 6.26 Å². The fraction of sp³-hybridized carbons (Fsp3) is 0.250. The molecular formula is C12H13NO2. The van der Waals surface area contributed by atoms with E-state index in [1.54, 1.807) is 6.26 Å². The van der Waals surface area contributed by atoms with Gasteiger partial charge in [-0.3, -0.25) is 0 Å². The van der Waals surface area contributed by atoms with Crippen LogP contribution in [0.15, 0.2) is 34.9 Å². The van der Waals surface area contributed by atoms with E-state index in [0.29, 0.717) is 5.89 Å². The lowest BCUT2D eigenvalue weighted by Crippen LogP contribution is -1.85. The summed E-state index contributed by atoms with van der Waals surface area (Å²) in [5.74, 6) is 0.613. The van der Waals surface area contributed by atoms with E-state index in [1.807, 2.05) is 31.2 Å². The highest BCUT2D eigenvalue weighted by atomic mass is 16.3. The number of benzene rings is 1. The molecule has 0 atom stereocenters. The third kappa shape index (κ3) is 2.07. The second-order valence-electron chi connectivity index (χ2n) is 3.36. The van der Waals surface area contributed by atoms with Crippen LogP contribution in [0, 0.1) is 0 Å². The zero-order valence-electron chi connectivity index (χ0n) is 8.60. The standard InChI is InChI=1S/C12H13NO2/c1-2-11-8-15-12(13-11)10-5-3-4-9(6-10)7-14/h3-6,8,14H,2,7H2,1H3. The number of hydrogen-bond donors (Lipinski definition) is 1. The summed E-state index contributed by atoms with van der Waals surface area (Å²) >= 11 is 0. The number of aromatic nitrogens is 1. The van der Waals surface area contributed by atoms with Gasteiger partial charge in [0.2, 0.25) is 5.89 Å². The van der Waals surface area contributed by atoms with Crippen molar-refractivity contribution >= 4 is 0 Å². The molecular weight excluding hydrogens is 190 g/mol. The lowest BCUT2D eigenvalue weighted by atomic mass is 10.1. The van der Waals surface area contributed by atoms with Crippen LogP contribution in [0.25, 0.3) is 11.5 Å². The van der Waals surface area contributed by atoms with E-state index in [4.69, 9.17) is 9.52 Å². The quantitative estimate of drug-likeness (QED) is 0.833. The highest BCUT2D eigenvalue weighted by Gasteiger charge is 2.05. The molecule has 15 heavy (non-hydrogen) atoms. The maximum absolute atomic E-state index is 9.01. The average molecular weight is 203 g/mol. The Morgan fingerprint density at radius 2 is 2.27 bits per heavy atom. The lowest BCUT2D eigenvalue weighted by Gasteiger charge is -1.98. The van der Waals surface area contributed by atoms with Crippen LogP contribution in [0.5, 0.6) is 0 Å². The average Bonchev–Trinajstić information content (AvgIpc) is 2.78. The van der Waals surface area contributed by atoms with Crippen LogP contribution >= 0.6 is 0 Å². The zero-order chi connectivity index (χ0) is 10.7. The van der Waals surface area contributed by atoms with Crippen molar-refractivity contribution in [3.63, 3.8) is 0 Å². The molecule has 1 aromatic carbocycles. The molecule has 0 amide bonds. The molecule has 0 saturated carbocycles. The minimum Gasteiger partial charge on any atom is -0.444 e. The van der Waals surface area contributed by atoms with E-state index in [-0.39, 0.29) is 6.61 Å². The van der Waals surface area contributed by atoms with Gasteiger partial charge in [0.25, 0.3) is 0 Å². The molecule has 0 aliphatic heterocycles. The number of aliphatic hydroxyl groups excluding tert-OH is 1. The minimum absolute atomic E-state index is 0.0369. The molecule has 0 fully saturated rings. The van der Waals surface area contributed by atoms with Crippen LogP contribution in [-0.4, -0.2) is 10.1 Å². The Kier molecular flexibility index (Phi) is 2.83. The Balaban J connectivity index is 2.35. The maximum Gasteiger partial charge on any atom is 0.226 e. The van der Waals surface area contributed by atoms with Gasteiger partial charge in [-0.15, -0.1) is 0 Å². The van der Waals surface area contributed by atoms with E-state index >= 15 is 0 Å². The summed E-state index contributed by atoms with van der Waals surface area (Å²) in [6.07, 6.45) is 2.53. The normalized spacial score (nSPS) is 10.5. The smallest absolute Gasteiger partial charge is 0.226 e. The van der Waals surface area contributed by atoms with Gasteiger partial charge in [-0.1, -0.05) is 19.1 Å². The Morgan fingerprint density at radius 3 is 2.93 bits per heavy atom. The van der Waals surface area contributed by atoms with Gasteiger partial charge >= 0.3 is 0 Å². The molecule has 0 saturated heterocycles. The van der Waals surface area contributed by atoms with Gasteiger partial charge in [0, 0.05) is 5.56 Å². The first kappa shape index (κ1) is 9.93. The van der Waals surface area contributed by atoms with Crippen LogP contribution in [0.4, 0.5) is 0 Å². The molecule has 0 unspecified atom stereocenters. The molecule has 0 aliphatic carbocycles. The van der Waals surface area contributed by atoms with Crippen LogP contribution in [-0.2, 0) is 13.0 Å². The third-order valence-corrected chi connectivity index (χ3v) is 2.27. The summed E-state index contributed by atoms with van der Waals surface area (Å²) in [6, 6.07) is 7.56. The summed E-state index contributed by atoms with van der Waals surface area (Å²) in [6.45, 7) is 2.07. The highest BCUT2D eigenvalue weighted by Crippen LogP contribution is 2.19. The fourth-order valence-electron chi connectivity index (χ4n) is 1.40. The molecule has 2 rings (SSSR count). The van der Waals surface area contributed by atoms with Crippen molar-refractivity contribution in [2.75, 3.05) is 0 Å². The molecule has 3 nitrogen and oxygen atoms in total. The van der Waals surface area contributed by atoms with Gasteiger partial charge in [0.15, 0.2) is 0 Å². The van der Waals surface area contributed by atoms with Crippen LogP contribution in [0.3, 0.4) is 0 Å². The molecule has 0 bridgehead atoms. The van der Waals surface area contributed by atoms with E-state index in [2.05, 4.69) is 4.98 Å². The van der Waals surface area contributed by atoms with Gasteiger partial charge in [-0.05, 0) is 24.1 Å². The Labute approximate surface area is 88.4 Å². The van der Waals surface area contributed by atoms with Crippen molar-refractivity contribution in [3.8, 4) is 11.5 Å². The summed E-state index contributed by atoms with van der Waals surface area (Å²) < 4.78 is 5.35. The minimum atomic E-state index is 0.0369. The monoisotopic (exact) mass is 203 g/mol. The first-order valence-electron chi connectivity index (χ1n) is 4.98. The highest BCUT2D eigenvalue weighted by molar-refractivity contribution is 5.54. The van der Waals surface area contributed by atoms with Crippen molar-refractivity contribution in [1.82, 2.24) is 4.98 Å². The van der Waals surface area contributed by atoms with Gasteiger partial charge < -0.3 is 9.52 Å². The predicted molar refractivity (Wildman–Crippen MR) is 57.2 cm³/mol. The fourth-order valence-corrected chi connectivity index (χ4v) is 1.40. The number of aryl methyl sites for hydroxylation is 1. The van der Waals surface area contributed by atoms with Gasteiger partial charge in [0.05, 0.1) is 12.3 Å². The molecule has 3 heteroatoms. The molecule has 1 N–H and O–H groups in total. The van der Waals surface area contributed by atoms with Crippen molar-refractivity contribution < 1.29 is 9.52 Å². The Morgan fingerprint density at radius 1 is 1.40 bits per heavy atom. The van der Waals surface area contributed by atoms with Crippen molar-refractivity contribution in [1.29, 1.82) is 0 Å². The van der Waals surface area contributed by atoms with E-state index in [9.17, 15) is 0 Å². The van der Waals surface area contributed by atoms with E-state index in [0.717, 1.165) is 23.2 Å². The first-order chi connectivity index (χ1) is 7.33. The van der Waals surface area contributed by atoms with Crippen molar-refractivity contribution in [2.45, 2.75) is 20.0 Å². The molecule has 78 valence electrons. The molecule has 0 radical (unpaired) electrons. The molecule has 0 aliphatic rings. The summed E-state index contributed by atoms with van der Waals surface area (Å²) in [5.41, 5.74) is 2.71. The summed E-state index contributed by atoms with van der Waals surface area (Å²) in [5, 5.41) is 9.01. The Hall–Kier alpha value is -1.61. The number of rotatable bonds is 3. The van der Waals surface area contributed by atoms with E-state index < -0.39 is 0 Å². The van der Waals surface area contributed by atoms with Gasteiger partial charge in [-0.2, -0.15) is 0 Å². The molecule has 1 aromatic heterocycles. The van der Waals surface area contributed by atoms with Crippen molar-refractivity contribution in [2.24, 2.45) is 0 Å². The second kappa shape index (κ2) is 4.28. The molecule has 0 spiro atoms. The number of nitrogens with zero attached hydrogens (tertiary/aromatic N) is 1. The molecule has 2 aromatic rings. The number of oxazole rings is 1. The Bertz CT molecular complexity index is 448. The van der Waals surface area contributed by atoms with Crippen LogP contribution in [0.2, 0.25) is 0 Å². The summed E-state index contributed by atoms with van der Waals surface area (Å²) in [4.78, 5) is 4.33.